The van der Waals surface area contributed by atoms with E-state index in [1.165, 1.54) is 29.1 Å². The number of halogens is 1. The van der Waals surface area contributed by atoms with Crippen LogP contribution in [0.15, 0.2) is 24.3 Å². The molecule has 0 unspecified atom stereocenters. The van der Waals surface area contributed by atoms with Crippen LogP contribution in [0, 0.1) is 5.82 Å². The molecule has 0 aliphatic carbocycles. The summed E-state index contributed by atoms with van der Waals surface area (Å²) in [4.78, 5) is 15.4. The molecule has 1 amide bonds. The van der Waals surface area contributed by atoms with E-state index < -0.39 is 0 Å². The molecule has 1 aliphatic rings. The third-order valence-corrected chi connectivity index (χ3v) is 3.73. The molecule has 1 aromatic carbocycles. The summed E-state index contributed by atoms with van der Waals surface area (Å²) in [6.07, 6.45) is 3.14. The molecule has 2 heterocycles. The zero-order valence-electron chi connectivity index (χ0n) is 11.7. The molecule has 1 fully saturated rings. The van der Waals surface area contributed by atoms with Crippen molar-refractivity contribution in [2.24, 2.45) is 0 Å². The second-order valence-electron chi connectivity index (χ2n) is 5.22. The molecule has 0 N–H and O–H groups in total. The standard InChI is InChI=1S/C14H16FN5O/c1-10-4-2-3-9-19(10)14(21)13-16-18-20(17-13)12-7-5-11(15)6-8-12/h5-8,10H,2-4,9H2,1H3/t10-/m0/s1. The van der Waals surface area contributed by atoms with Gasteiger partial charge in [0.1, 0.15) is 5.82 Å². The minimum absolute atomic E-state index is 0.0769. The first kappa shape index (κ1) is 13.7. The number of nitrogens with zero attached hydrogens (tertiary/aromatic N) is 5. The predicted molar refractivity (Wildman–Crippen MR) is 73.5 cm³/mol. The number of hydrogen-bond donors (Lipinski definition) is 0. The highest BCUT2D eigenvalue weighted by atomic mass is 19.1. The van der Waals surface area contributed by atoms with E-state index in [0.717, 1.165) is 25.8 Å². The number of likely N-dealkylation sites (tertiary alicyclic amines) is 1. The highest BCUT2D eigenvalue weighted by Gasteiger charge is 2.27. The van der Waals surface area contributed by atoms with Crippen LogP contribution in [0.5, 0.6) is 0 Å². The number of carbonyl (C=O) groups excluding carboxylic acids is 1. The fraction of sp³-hybridized carbons (Fsp3) is 0.429. The summed E-state index contributed by atoms with van der Waals surface area (Å²) in [6, 6.07) is 5.90. The van der Waals surface area contributed by atoms with Crippen molar-refractivity contribution in [2.45, 2.75) is 32.2 Å². The van der Waals surface area contributed by atoms with Gasteiger partial charge in [-0.05, 0) is 55.7 Å². The Morgan fingerprint density at radius 1 is 1.29 bits per heavy atom. The Morgan fingerprint density at radius 2 is 2.05 bits per heavy atom. The average Bonchev–Trinajstić information content (AvgIpc) is 2.98. The van der Waals surface area contributed by atoms with Crippen LogP contribution in [0.1, 0.15) is 36.8 Å². The van der Waals surface area contributed by atoms with Gasteiger partial charge in [0.25, 0.3) is 11.7 Å². The van der Waals surface area contributed by atoms with Gasteiger partial charge < -0.3 is 4.90 Å². The van der Waals surface area contributed by atoms with Crippen molar-refractivity contribution >= 4 is 5.91 Å². The molecule has 0 radical (unpaired) electrons. The minimum atomic E-state index is -0.336. The molecule has 0 saturated carbocycles. The summed E-state index contributed by atoms with van der Waals surface area (Å²) in [7, 11) is 0. The molecule has 1 aliphatic heterocycles. The van der Waals surface area contributed by atoms with Gasteiger partial charge in [-0.1, -0.05) is 0 Å². The van der Waals surface area contributed by atoms with Crippen LogP contribution >= 0.6 is 0 Å². The molecule has 2 aromatic rings. The van der Waals surface area contributed by atoms with E-state index in [2.05, 4.69) is 15.4 Å². The first-order chi connectivity index (χ1) is 10.1. The molecule has 0 bridgehead atoms. The van der Waals surface area contributed by atoms with Crippen LogP contribution in [0.3, 0.4) is 0 Å². The van der Waals surface area contributed by atoms with Gasteiger partial charge >= 0.3 is 0 Å². The van der Waals surface area contributed by atoms with Crippen LogP contribution in [-0.2, 0) is 0 Å². The van der Waals surface area contributed by atoms with E-state index in [-0.39, 0.29) is 23.6 Å². The van der Waals surface area contributed by atoms with Crippen LogP contribution in [0.2, 0.25) is 0 Å². The van der Waals surface area contributed by atoms with Gasteiger partial charge in [-0.25, -0.2) is 4.39 Å². The largest absolute Gasteiger partial charge is 0.333 e. The van der Waals surface area contributed by atoms with Crippen LogP contribution in [0.25, 0.3) is 5.69 Å². The molecular formula is C14H16FN5O. The zero-order chi connectivity index (χ0) is 14.8. The molecule has 1 aromatic heterocycles. The van der Waals surface area contributed by atoms with E-state index in [9.17, 15) is 9.18 Å². The molecule has 1 saturated heterocycles. The second-order valence-corrected chi connectivity index (χ2v) is 5.22. The molecule has 1 atom stereocenters. The predicted octanol–water partition coefficient (Wildman–Crippen LogP) is 1.82. The topological polar surface area (TPSA) is 63.9 Å². The normalized spacial score (nSPS) is 18.8. The molecule has 3 rings (SSSR count). The van der Waals surface area contributed by atoms with Crippen molar-refractivity contribution < 1.29 is 9.18 Å². The van der Waals surface area contributed by atoms with Crippen molar-refractivity contribution in [3.05, 3.63) is 35.9 Å². The first-order valence-corrected chi connectivity index (χ1v) is 7.02. The van der Waals surface area contributed by atoms with E-state index in [1.807, 2.05) is 6.92 Å². The lowest BCUT2D eigenvalue weighted by molar-refractivity contribution is 0.0622. The van der Waals surface area contributed by atoms with E-state index >= 15 is 0 Å². The number of rotatable bonds is 2. The highest BCUT2D eigenvalue weighted by molar-refractivity contribution is 5.90. The van der Waals surface area contributed by atoms with Gasteiger partial charge in [0.05, 0.1) is 5.69 Å². The molecule has 0 spiro atoms. The maximum absolute atomic E-state index is 12.9. The third kappa shape index (κ3) is 2.76. The van der Waals surface area contributed by atoms with Gasteiger partial charge in [-0.2, -0.15) is 0 Å². The van der Waals surface area contributed by atoms with Crippen LogP contribution in [-0.4, -0.2) is 43.6 Å². The second kappa shape index (κ2) is 5.59. The monoisotopic (exact) mass is 289 g/mol. The van der Waals surface area contributed by atoms with Gasteiger partial charge in [0, 0.05) is 12.6 Å². The third-order valence-electron chi connectivity index (χ3n) is 3.73. The maximum Gasteiger partial charge on any atom is 0.295 e. The number of carbonyl (C=O) groups is 1. The number of benzene rings is 1. The molecule has 7 heteroatoms. The molecule has 110 valence electrons. The number of aromatic nitrogens is 4. The lowest BCUT2D eigenvalue weighted by Gasteiger charge is -2.32. The van der Waals surface area contributed by atoms with Crippen molar-refractivity contribution in [1.82, 2.24) is 25.1 Å². The fourth-order valence-corrected chi connectivity index (χ4v) is 2.51. The Bertz CT molecular complexity index is 639. The van der Waals surface area contributed by atoms with Crippen molar-refractivity contribution in [3.8, 4) is 5.69 Å². The number of tetrazole rings is 1. The van der Waals surface area contributed by atoms with Crippen LogP contribution in [0.4, 0.5) is 4.39 Å². The average molecular weight is 289 g/mol. The van der Waals surface area contributed by atoms with E-state index in [0.29, 0.717) is 5.69 Å². The van der Waals surface area contributed by atoms with E-state index in [1.54, 1.807) is 4.90 Å². The zero-order valence-corrected chi connectivity index (χ0v) is 11.7. The summed E-state index contributed by atoms with van der Waals surface area (Å²) < 4.78 is 12.9. The summed E-state index contributed by atoms with van der Waals surface area (Å²) >= 11 is 0. The quantitative estimate of drug-likeness (QED) is 0.846. The SMILES string of the molecule is C[C@H]1CCCCN1C(=O)c1nnn(-c2ccc(F)cc2)n1. The lowest BCUT2D eigenvalue weighted by atomic mass is 10.0. The number of piperidine rings is 1. The fourth-order valence-electron chi connectivity index (χ4n) is 2.51. The maximum atomic E-state index is 12.9. The van der Waals surface area contributed by atoms with Gasteiger partial charge in [0.2, 0.25) is 0 Å². The van der Waals surface area contributed by atoms with Crippen molar-refractivity contribution in [1.29, 1.82) is 0 Å². The Hall–Kier alpha value is -2.31. The first-order valence-electron chi connectivity index (χ1n) is 7.02. The summed E-state index contributed by atoms with van der Waals surface area (Å²) in [5, 5.41) is 11.8. The smallest absolute Gasteiger partial charge is 0.295 e. The molecule has 6 nitrogen and oxygen atoms in total. The van der Waals surface area contributed by atoms with E-state index in [4.69, 9.17) is 0 Å². The Labute approximate surface area is 121 Å². The lowest BCUT2D eigenvalue weighted by Crippen LogP contribution is -2.42. The van der Waals surface area contributed by atoms with Gasteiger partial charge in [-0.15, -0.1) is 15.0 Å². The van der Waals surface area contributed by atoms with Crippen LogP contribution < -0.4 is 0 Å². The Morgan fingerprint density at radius 3 is 2.76 bits per heavy atom. The summed E-state index contributed by atoms with van der Waals surface area (Å²) in [5.41, 5.74) is 0.564. The minimum Gasteiger partial charge on any atom is -0.333 e. The Balaban J connectivity index is 1.81. The van der Waals surface area contributed by atoms with Crippen molar-refractivity contribution in [3.63, 3.8) is 0 Å². The van der Waals surface area contributed by atoms with Gasteiger partial charge in [0.15, 0.2) is 0 Å². The number of hydrogen-bond acceptors (Lipinski definition) is 4. The molecular weight excluding hydrogens is 273 g/mol. The Kier molecular flexibility index (Phi) is 3.64. The number of amides is 1. The summed E-state index contributed by atoms with van der Waals surface area (Å²) in [5.74, 6) is -0.457. The summed E-state index contributed by atoms with van der Waals surface area (Å²) in [6.45, 7) is 2.76. The highest BCUT2D eigenvalue weighted by Crippen LogP contribution is 2.18. The molecule has 21 heavy (non-hydrogen) atoms. The van der Waals surface area contributed by atoms with Gasteiger partial charge in [-0.3, -0.25) is 4.79 Å². The van der Waals surface area contributed by atoms with Crippen molar-refractivity contribution in [2.75, 3.05) is 6.54 Å².